The van der Waals surface area contributed by atoms with Gasteiger partial charge < -0.3 is 9.52 Å². The molecular weight excluding hydrogens is 240 g/mol. The van der Waals surface area contributed by atoms with Crippen molar-refractivity contribution in [2.24, 2.45) is 0 Å². The Balaban J connectivity index is 1.83. The van der Waals surface area contributed by atoms with Crippen LogP contribution in [0.3, 0.4) is 0 Å². The monoisotopic (exact) mass is 252 g/mol. The predicted molar refractivity (Wildman–Crippen MR) is 63.0 cm³/mol. The summed E-state index contributed by atoms with van der Waals surface area (Å²) in [6.45, 7) is 0. The van der Waals surface area contributed by atoms with Crippen molar-refractivity contribution in [2.45, 2.75) is 31.3 Å². The number of aromatic nitrogens is 1. The van der Waals surface area contributed by atoms with Crippen molar-refractivity contribution in [1.82, 2.24) is 10.3 Å². The third-order valence-corrected chi connectivity index (χ3v) is 4.21. The van der Waals surface area contributed by atoms with Crippen LogP contribution in [0.15, 0.2) is 16.9 Å². The molecule has 0 bridgehead atoms. The largest absolute Gasteiger partial charge is 0.480 e. The molecule has 0 amide bonds. The van der Waals surface area contributed by atoms with E-state index < -0.39 is 12.0 Å². The Bertz CT molecular complexity index is 519. The van der Waals surface area contributed by atoms with Crippen LogP contribution in [-0.2, 0) is 4.79 Å². The highest BCUT2D eigenvalue weighted by atomic mass is 32.1. The van der Waals surface area contributed by atoms with Crippen LogP contribution < -0.4 is 5.32 Å². The fourth-order valence-corrected chi connectivity index (χ4v) is 3.23. The summed E-state index contributed by atoms with van der Waals surface area (Å²) in [4.78, 5) is 17.0. The van der Waals surface area contributed by atoms with Crippen LogP contribution >= 0.6 is 11.3 Å². The molecule has 5 nitrogen and oxygen atoms in total. The molecule has 3 heterocycles. The average molecular weight is 252 g/mol. The molecule has 3 rings (SSSR count). The Morgan fingerprint density at radius 1 is 1.59 bits per heavy atom. The maximum absolute atomic E-state index is 11.0. The van der Waals surface area contributed by atoms with Gasteiger partial charge in [0.1, 0.15) is 11.6 Å². The van der Waals surface area contributed by atoms with Crippen LogP contribution in [0.2, 0.25) is 0 Å². The summed E-state index contributed by atoms with van der Waals surface area (Å²) in [7, 11) is 0. The smallest absolute Gasteiger partial charge is 0.320 e. The number of rotatable bonds is 2. The summed E-state index contributed by atoms with van der Waals surface area (Å²) >= 11 is 1.54. The Kier molecular flexibility index (Phi) is 2.60. The SMILES string of the molecule is O=C(O)C1CCCC(c2cc3ncoc3s2)N1. The van der Waals surface area contributed by atoms with Crippen molar-refractivity contribution < 1.29 is 14.3 Å². The molecule has 1 aliphatic rings. The van der Waals surface area contributed by atoms with E-state index >= 15 is 0 Å². The van der Waals surface area contributed by atoms with Gasteiger partial charge in [-0.2, -0.15) is 0 Å². The van der Waals surface area contributed by atoms with Crippen LogP contribution in [-0.4, -0.2) is 22.1 Å². The Labute approximate surface area is 101 Å². The molecule has 2 unspecified atom stereocenters. The Morgan fingerprint density at radius 2 is 2.47 bits per heavy atom. The van der Waals surface area contributed by atoms with E-state index in [1.54, 1.807) is 0 Å². The lowest BCUT2D eigenvalue weighted by atomic mass is 9.97. The first-order valence-electron chi connectivity index (χ1n) is 5.56. The molecule has 2 aromatic heterocycles. The van der Waals surface area contributed by atoms with Gasteiger partial charge in [0, 0.05) is 10.9 Å². The molecule has 2 atom stereocenters. The lowest BCUT2D eigenvalue weighted by molar-refractivity contribution is -0.140. The number of nitrogens with zero attached hydrogens (tertiary/aromatic N) is 1. The fourth-order valence-electron chi connectivity index (χ4n) is 2.21. The van der Waals surface area contributed by atoms with Gasteiger partial charge in [0.25, 0.3) is 0 Å². The van der Waals surface area contributed by atoms with Crippen molar-refractivity contribution in [2.75, 3.05) is 0 Å². The minimum Gasteiger partial charge on any atom is -0.480 e. The zero-order valence-electron chi connectivity index (χ0n) is 9.05. The number of nitrogens with one attached hydrogen (secondary N) is 1. The number of piperidine rings is 1. The van der Waals surface area contributed by atoms with E-state index in [1.165, 1.54) is 17.7 Å². The van der Waals surface area contributed by atoms with Gasteiger partial charge in [-0.15, -0.1) is 0 Å². The highest BCUT2D eigenvalue weighted by molar-refractivity contribution is 7.18. The molecule has 1 aliphatic heterocycles. The van der Waals surface area contributed by atoms with Crippen LogP contribution in [0.4, 0.5) is 0 Å². The van der Waals surface area contributed by atoms with E-state index in [1.807, 2.05) is 6.07 Å². The van der Waals surface area contributed by atoms with Crippen LogP contribution in [0.25, 0.3) is 10.4 Å². The first kappa shape index (κ1) is 10.7. The predicted octanol–water partition coefficient (Wildman–Crippen LogP) is 2.16. The molecule has 1 fully saturated rings. The number of carboxylic acid groups (broad SMARTS) is 1. The summed E-state index contributed by atoms with van der Waals surface area (Å²) in [5.41, 5.74) is 0.851. The molecule has 0 aromatic carbocycles. The van der Waals surface area contributed by atoms with Crippen molar-refractivity contribution in [3.63, 3.8) is 0 Å². The Morgan fingerprint density at radius 3 is 3.24 bits per heavy atom. The first-order valence-corrected chi connectivity index (χ1v) is 6.37. The summed E-state index contributed by atoms with van der Waals surface area (Å²) < 4.78 is 5.23. The highest BCUT2D eigenvalue weighted by Crippen LogP contribution is 2.33. The zero-order valence-corrected chi connectivity index (χ0v) is 9.87. The van der Waals surface area contributed by atoms with Crippen LogP contribution in [0, 0.1) is 0 Å². The van der Waals surface area contributed by atoms with Crippen LogP contribution in [0.1, 0.15) is 30.2 Å². The number of aliphatic carboxylic acids is 1. The molecule has 90 valence electrons. The molecule has 2 N–H and O–H groups in total. The average Bonchev–Trinajstić information content (AvgIpc) is 2.89. The molecule has 17 heavy (non-hydrogen) atoms. The van der Waals surface area contributed by atoms with E-state index in [0.717, 1.165) is 28.1 Å². The molecule has 0 radical (unpaired) electrons. The van der Waals surface area contributed by atoms with Gasteiger partial charge in [-0.3, -0.25) is 10.1 Å². The second-order valence-electron chi connectivity index (χ2n) is 4.21. The third-order valence-electron chi connectivity index (χ3n) is 3.08. The molecule has 0 spiro atoms. The molecule has 6 heteroatoms. The van der Waals surface area contributed by atoms with Gasteiger partial charge in [0.2, 0.25) is 4.90 Å². The standard InChI is InChI=1S/C11H12N2O3S/c14-10(15)7-3-1-2-6(13-7)9-4-8-11(17-9)16-5-12-8/h4-7,13H,1-3H2,(H,14,15). The fraction of sp³-hybridized carbons (Fsp3) is 0.455. The number of carbonyl (C=O) groups is 1. The van der Waals surface area contributed by atoms with Crippen molar-refractivity contribution in [3.05, 3.63) is 17.3 Å². The molecule has 2 aromatic rings. The number of fused-ring (bicyclic) bond motifs is 1. The normalized spacial score (nSPS) is 25.2. The van der Waals surface area contributed by atoms with Gasteiger partial charge in [-0.25, -0.2) is 4.98 Å². The third kappa shape index (κ3) is 1.94. The highest BCUT2D eigenvalue weighted by Gasteiger charge is 2.28. The summed E-state index contributed by atoms with van der Waals surface area (Å²) in [5.74, 6) is -0.770. The number of hydrogen-bond acceptors (Lipinski definition) is 5. The lowest BCUT2D eigenvalue weighted by Crippen LogP contribution is -2.42. The van der Waals surface area contributed by atoms with E-state index in [4.69, 9.17) is 9.52 Å². The summed E-state index contributed by atoms with van der Waals surface area (Å²) in [5, 5.41) is 12.2. The summed E-state index contributed by atoms with van der Waals surface area (Å²) in [6.07, 6.45) is 4.03. The molecule has 0 saturated carbocycles. The molecular formula is C11H12N2O3S. The minimum absolute atomic E-state index is 0.110. The molecule has 1 saturated heterocycles. The van der Waals surface area contributed by atoms with Gasteiger partial charge in [-0.1, -0.05) is 11.3 Å². The van der Waals surface area contributed by atoms with Gasteiger partial charge in [-0.05, 0) is 25.3 Å². The lowest BCUT2D eigenvalue weighted by Gasteiger charge is -2.27. The topological polar surface area (TPSA) is 75.4 Å². The second-order valence-corrected chi connectivity index (χ2v) is 5.26. The van der Waals surface area contributed by atoms with Crippen molar-refractivity contribution in [3.8, 4) is 0 Å². The maximum atomic E-state index is 11.0. The van der Waals surface area contributed by atoms with Crippen molar-refractivity contribution >= 4 is 27.7 Å². The van der Waals surface area contributed by atoms with Gasteiger partial charge in [0.05, 0.1) is 0 Å². The van der Waals surface area contributed by atoms with E-state index in [9.17, 15) is 4.79 Å². The second kappa shape index (κ2) is 4.12. The quantitative estimate of drug-likeness (QED) is 0.856. The van der Waals surface area contributed by atoms with E-state index in [0.29, 0.717) is 6.42 Å². The first-order chi connectivity index (χ1) is 8.24. The zero-order chi connectivity index (χ0) is 11.8. The van der Waals surface area contributed by atoms with Gasteiger partial charge in [0.15, 0.2) is 6.39 Å². The number of oxazole rings is 1. The molecule has 0 aliphatic carbocycles. The van der Waals surface area contributed by atoms with Gasteiger partial charge >= 0.3 is 5.97 Å². The number of hydrogen-bond donors (Lipinski definition) is 2. The number of thiophene rings is 1. The van der Waals surface area contributed by atoms with Crippen LogP contribution in [0.5, 0.6) is 0 Å². The minimum atomic E-state index is -0.770. The van der Waals surface area contributed by atoms with E-state index in [-0.39, 0.29) is 6.04 Å². The summed E-state index contributed by atoms with van der Waals surface area (Å²) in [6, 6.07) is 1.65. The maximum Gasteiger partial charge on any atom is 0.320 e. The Hall–Kier alpha value is -1.40. The number of carboxylic acids is 1. The van der Waals surface area contributed by atoms with Crippen molar-refractivity contribution in [1.29, 1.82) is 0 Å². The van der Waals surface area contributed by atoms with E-state index in [2.05, 4.69) is 10.3 Å².